The zero-order chi connectivity index (χ0) is 26.2. The normalized spacial score (nSPS) is 23.2. The van der Waals surface area contributed by atoms with Gasteiger partial charge in [-0.05, 0) is 47.9 Å². The lowest BCUT2D eigenvalue weighted by Gasteiger charge is -2.33. The van der Waals surface area contributed by atoms with E-state index in [0.29, 0.717) is 29.6 Å². The van der Waals surface area contributed by atoms with Gasteiger partial charge >= 0.3 is 0 Å². The molecule has 0 unspecified atom stereocenters. The van der Waals surface area contributed by atoms with Gasteiger partial charge in [0.25, 0.3) is 0 Å². The van der Waals surface area contributed by atoms with Gasteiger partial charge in [-0.3, -0.25) is 9.89 Å². The van der Waals surface area contributed by atoms with Gasteiger partial charge in [0.2, 0.25) is 11.8 Å². The van der Waals surface area contributed by atoms with Crippen molar-refractivity contribution in [1.29, 1.82) is 0 Å². The van der Waals surface area contributed by atoms with Crippen molar-refractivity contribution in [3.63, 3.8) is 0 Å². The quantitative estimate of drug-likeness (QED) is 0.329. The Morgan fingerprint density at radius 1 is 1.05 bits per heavy atom. The highest BCUT2D eigenvalue weighted by Gasteiger charge is 2.65. The fourth-order valence-electron chi connectivity index (χ4n) is 5.82. The summed E-state index contributed by atoms with van der Waals surface area (Å²) in [6.45, 7) is 0. The van der Waals surface area contributed by atoms with Gasteiger partial charge in [0, 0.05) is 35.8 Å². The number of nitrogens with zero attached hydrogens (tertiary/aromatic N) is 3. The van der Waals surface area contributed by atoms with Gasteiger partial charge in [-0.15, -0.1) is 0 Å². The summed E-state index contributed by atoms with van der Waals surface area (Å²) in [7, 11) is 3.11. The number of ether oxygens (including phenoxy) is 2. The van der Waals surface area contributed by atoms with E-state index in [1.165, 1.54) is 13.3 Å². The predicted octanol–water partition coefficient (Wildman–Crippen LogP) is 5.00. The standard InChI is InChI=1S/C27H24F2N6O3/c1-37-15-4-6-19-17(8-15)27(25(36)31-19)11-18(27)13-3-5-16-20(7-13)34-35-23(16)33-24-21(38-2)12-30-22(32-24)14-9-26(28,29)10-14/h3-8,12,14,18H,9-11H2,1-2H3,(H,31,36)(H2,30,32,33,34,35)/t18-,27-/m0/s1. The van der Waals surface area contributed by atoms with E-state index < -0.39 is 17.3 Å². The van der Waals surface area contributed by atoms with Crippen molar-refractivity contribution in [1.82, 2.24) is 20.2 Å². The fraction of sp³-hybridized carbons (Fsp3) is 0.333. The minimum atomic E-state index is -2.66. The second-order valence-corrected chi connectivity index (χ2v) is 10.2. The van der Waals surface area contributed by atoms with Crippen LogP contribution in [0.4, 0.5) is 26.1 Å². The smallest absolute Gasteiger partial charge is 0.249 e. The number of amides is 1. The molecule has 7 rings (SSSR count). The minimum absolute atomic E-state index is 0.00806. The monoisotopic (exact) mass is 518 g/mol. The molecule has 38 heavy (non-hydrogen) atoms. The Kier molecular flexibility index (Phi) is 4.73. The first-order chi connectivity index (χ1) is 18.3. The molecule has 3 heterocycles. The molecule has 2 aliphatic carbocycles. The van der Waals surface area contributed by atoms with Crippen molar-refractivity contribution in [2.45, 2.75) is 42.4 Å². The molecule has 1 aliphatic heterocycles. The van der Waals surface area contributed by atoms with Crippen LogP contribution in [-0.4, -0.2) is 46.2 Å². The van der Waals surface area contributed by atoms with Gasteiger partial charge < -0.3 is 20.1 Å². The Labute approximate surface area is 216 Å². The third kappa shape index (κ3) is 3.34. The number of carbonyl (C=O) groups is 1. The maximum atomic E-state index is 13.4. The molecular weight excluding hydrogens is 494 g/mol. The van der Waals surface area contributed by atoms with Gasteiger partial charge in [-0.25, -0.2) is 18.7 Å². The highest BCUT2D eigenvalue weighted by Crippen LogP contribution is 2.65. The van der Waals surface area contributed by atoms with E-state index in [2.05, 4.69) is 30.8 Å². The second kappa shape index (κ2) is 7.86. The van der Waals surface area contributed by atoms with Gasteiger partial charge in [0.05, 0.1) is 31.3 Å². The molecule has 1 amide bonds. The number of nitrogens with one attached hydrogen (secondary N) is 3. The van der Waals surface area contributed by atoms with E-state index in [1.807, 2.05) is 36.4 Å². The summed E-state index contributed by atoms with van der Waals surface area (Å²) in [5.74, 6) is -0.671. The Balaban J connectivity index is 1.17. The van der Waals surface area contributed by atoms with Crippen LogP contribution in [0, 0.1) is 0 Å². The molecule has 2 atom stereocenters. The molecule has 2 aromatic carbocycles. The number of methoxy groups -OCH3 is 2. The number of hydrogen-bond donors (Lipinski definition) is 3. The molecule has 0 radical (unpaired) electrons. The maximum absolute atomic E-state index is 13.4. The van der Waals surface area contributed by atoms with Crippen molar-refractivity contribution >= 4 is 34.1 Å². The highest BCUT2D eigenvalue weighted by molar-refractivity contribution is 6.10. The lowest BCUT2D eigenvalue weighted by Crippen LogP contribution is -2.34. The Morgan fingerprint density at radius 3 is 2.66 bits per heavy atom. The van der Waals surface area contributed by atoms with Gasteiger partial charge in [0.15, 0.2) is 17.4 Å². The molecule has 1 spiro atoms. The Morgan fingerprint density at radius 2 is 1.89 bits per heavy atom. The molecule has 2 fully saturated rings. The third-order valence-electron chi connectivity index (χ3n) is 8.00. The topological polar surface area (TPSA) is 114 Å². The number of fused-ring (bicyclic) bond motifs is 3. The summed E-state index contributed by atoms with van der Waals surface area (Å²) in [6.07, 6.45) is 1.68. The summed E-state index contributed by atoms with van der Waals surface area (Å²) < 4.78 is 37.5. The average Bonchev–Trinajstić information content (AvgIpc) is 3.45. The predicted molar refractivity (Wildman–Crippen MR) is 136 cm³/mol. The first-order valence-electron chi connectivity index (χ1n) is 12.3. The molecule has 0 saturated heterocycles. The lowest BCUT2D eigenvalue weighted by molar-refractivity contribution is -0.118. The zero-order valence-corrected chi connectivity index (χ0v) is 20.6. The lowest BCUT2D eigenvalue weighted by atomic mass is 9.81. The second-order valence-electron chi connectivity index (χ2n) is 10.2. The first-order valence-corrected chi connectivity index (χ1v) is 12.3. The number of H-pyrrole nitrogens is 1. The maximum Gasteiger partial charge on any atom is 0.249 e. The molecule has 3 aliphatic rings. The zero-order valence-electron chi connectivity index (χ0n) is 20.6. The summed E-state index contributed by atoms with van der Waals surface area (Å²) in [5.41, 5.74) is 3.03. The highest BCUT2D eigenvalue weighted by atomic mass is 19.3. The van der Waals surface area contributed by atoms with Crippen LogP contribution in [0.1, 0.15) is 48.0 Å². The van der Waals surface area contributed by atoms with Gasteiger partial charge in [-0.2, -0.15) is 5.10 Å². The number of aromatic nitrogens is 4. The van der Waals surface area contributed by atoms with Crippen LogP contribution >= 0.6 is 0 Å². The molecular formula is C27H24F2N6O3. The molecule has 11 heteroatoms. The Bertz CT molecular complexity index is 1610. The molecule has 2 aromatic heterocycles. The number of benzene rings is 2. The number of anilines is 3. The van der Waals surface area contributed by atoms with E-state index >= 15 is 0 Å². The molecule has 0 bridgehead atoms. The SMILES string of the molecule is COc1ccc2c(c1)[C@]1(C[C@H]1c1ccc3c(Nc4nc(C5CC(F)(F)C5)ncc4OC)n[nH]c3c1)C(=O)N2. The van der Waals surface area contributed by atoms with E-state index in [9.17, 15) is 13.6 Å². The van der Waals surface area contributed by atoms with Crippen molar-refractivity contribution < 1.29 is 23.0 Å². The van der Waals surface area contributed by atoms with Crippen LogP contribution in [0.15, 0.2) is 42.6 Å². The number of halogens is 2. The molecule has 4 aromatic rings. The number of alkyl halides is 2. The number of carbonyl (C=O) groups excluding carboxylic acids is 1. The summed E-state index contributed by atoms with van der Waals surface area (Å²) in [5, 5.41) is 14.5. The van der Waals surface area contributed by atoms with Gasteiger partial charge in [-0.1, -0.05) is 6.07 Å². The minimum Gasteiger partial charge on any atom is -0.497 e. The van der Waals surface area contributed by atoms with Crippen molar-refractivity contribution in [2.75, 3.05) is 24.9 Å². The molecule has 2 saturated carbocycles. The van der Waals surface area contributed by atoms with E-state index in [4.69, 9.17) is 9.47 Å². The molecule has 194 valence electrons. The first kappa shape index (κ1) is 22.9. The summed E-state index contributed by atoms with van der Waals surface area (Å²) in [4.78, 5) is 21.7. The van der Waals surface area contributed by atoms with Crippen molar-refractivity contribution in [2.24, 2.45) is 0 Å². The third-order valence-corrected chi connectivity index (χ3v) is 8.00. The average molecular weight is 519 g/mol. The van der Waals surface area contributed by atoms with E-state index in [0.717, 1.165) is 33.5 Å². The number of rotatable bonds is 6. The van der Waals surface area contributed by atoms with Crippen LogP contribution in [0.5, 0.6) is 11.5 Å². The number of hydrogen-bond acceptors (Lipinski definition) is 7. The van der Waals surface area contributed by atoms with Crippen LogP contribution in [0.3, 0.4) is 0 Å². The summed E-state index contributed by atoms with van der Waals surface area (Å²) in [6, 6.07) is 11.6. The molecule has 9 nitrogen and oxygen atoms in total. The van der Waals surface area contributed by atoms with Crippen molar-refractivity contribution in [3.05, 3.63) is 59.5 Å². The van der Waals surface area contributed by atoms with Crippen LogP contribution < -0.4 is 20.1 Å². The van der Waals surface area contributed by atoms with Crippen LogP contribution in [-0.2, 0) is 10.2 Å². The number of aromatic amines is 1. The van der Waals surface area contributed by atoms with E-state index in [-0.39, 0.29) is 24.7 Å². The van der Waals surface area contributed by atoms with Crippen molar-refractivity contribution in [3.8, 4) is 11.5 Å². The van der Waals surface area contributed by atoms with Gasteiger partial charge in [0.1, 0.15) is 11.6 Å². The van der Waals surface area contributed by atoms with Crippen LogP contribution in [0.2, 0.25) is 0 Å². The van der Waals surface area contributed by atoms with E-state index in [1.54, 1.807) is 7.11 Å². The molecule has 3 N–H and O–H groups in total. The fourth-order valence-corrected chi connectivity index (χ4v) is 5.82. The largest absolute Gasteiger partial charge is 0.497 e. The van der Waals surface area contributed by atoms with Crippen LogP contribution in [0.25, 0.3) is 10.9 Å². The Hall–Kier alpha value is -4.28. The summed E-state index contributed by atoms with van der Waals surface area (Å²) >= 11 is 0.